The highest BCUT2D eigenvalue weighted by Crippen LogP contribution is 2.02. The molecule has 2 unspecified atom stereocenters. The van der Waals surface area contributed by atoms with Gasteiger partial charge in [-0.2, -0.15) is 8.42 Å². The predicted octanol–water partition coefficient (Wildman–Crippen LogP) is -1.19. The average Bonchev–Trinajstić information content (AvgIpc) is 1.79. The van der Waals surface area contributed by atoms with Gasteiger partial charge in [0.15, 0.2) is 0 Å². The van der Waals surface area contributed by atoms with Gasteiger partial charge in [-0.05, 0) is 13.8 Å². The minimum absolute atomic E-state index is 0.789. The van der Waals surface area contributed by atoms with Gasteiger partial charge < -0.3 is 10.2 Å². The molecule has 3 N–H and O–H groups in total. The smallest absolute Gasteiger partial charge is 0.278 e. The molecule has 0 saturated carbocycles. The van der Waals surface area contributed by atoms with E-state index in [0.29, 0.717) is 0 Å². The normalized spacial score (nSPS) is 17.8. The maximum atomic E-state index is 10.3. The summed E-state index contributed by atoms with van der Waals surface area (Å²) in [6.45, 7) is 2.58. The molecule has 0 saturated heterocycles. The number of aliphatic hydroxyl groups excluding tert-OH is 2. The maximum absolute atomic E-state index is 10.3. The third kappa shape index (κ3) is 4.62. The molecule has 2 atom stereocenters. The van der Waals surface area contributed by atoms with Crippen LogP contribution in [0.5, 0.6) is 0 Å². The fourth-order valence-electron chi connectivity index (χ4n) is 0.716. The average molecular weight is 199 g/mol. The second-order valence-electron chi connectivity index (χ2n) is 2.49. The van der Waals surface area contributed by atoms with E-state index < -0.39 is 28.5 Å². The summed E-state index contributed by atoms with van der Waals surface area (Å²) in [6, 6.07) is 0. The van der Waals surface area contributed by atoms with Gasteiger partial charge in [-0.15, -0.1) is 0 Å². The summed E-state index contributed by atoms with van der Waals surface area (Å²) in [7, 11) is -4.21. The van der Waals surface area contributed by atoms with Crippen LogP contribution in [-0.2, 0) is 10.1 Å². The molecule has 6 nitrogen and oxygen atoms in total. The Morgan fingerprint density at radius 2 is 1.58 bits per heavy atom. The standard InChI is InChI=1S/C5H13NO5S/c1-4(7)6(5(2)8)3-12(9,10)11/h4-5,7-8H,3H2,1-2H3,(H,9,10,11). The second kappa shape index (κ2) is 4.15. The van der Waals surface area contributed by atoms with Crippen molar-refractivity contribution in [2.75, 3.05) is 5.88 Å². The molecule has 0 aliphatic heterocycles. The van der Waals surface area contributed by atoms with E-state index >= 15 is 0 Å². The summed E-state index contributed by atoms with van der Waals surface area (Å²) in [5.74, 6) is -0.789. The molecule has 7 heteroatoms. The van der Waals surface area contributed by atoms with E-state index in [1.165, 1.54) is 13.8 Å². The van der Waals surface area contributed by atoms with Crippen LogP contribution in [0.1, 0.15) is 13.8 Å². The first-order valence-electron chi connectivity index (χ1n) is 3.31. The van der Waals surface area contributed by atoms with Gasteiger partial charge in [-0.25, -0.2) is 4.90 Å². The molecule has 0 aromatic carbocycles. The number of hydrogen-bond acceptors (Lipinski definition) is 5. The quantitative estimate of drug-likeness (QED) is 0.389. The summed E-state index contributed by atoms with van der Waals surface area (Å²) in [5, 5.41) is 17.9. The van der Waals surface area contributed by atoms with Gasteiger partial charge in [0.25, 0.3) is 10.1 Å². The topological polar surface area (TPSA) is 98.1 Å². The lowest BCUT2D eigenvalue weighted by Crippen LogP contribution is -2.43. The van der Waals surface area contributed by atoms with E-state index in [2.05, 4.69) is 0 Å². The van der Waals surface area contributed by atoms with Crippen LogP contribution in [0.2, 0.25) is 0 Å². The Bertz CT molecular complexity index is 214. The lowest BCUT2D eigenvalue weighted by atomic mass is 10.5. The zero-order chi connectivity index (χ0) is 9.94. The van der Waals surface area contributed by atoms with Crippen LogP contribution >= 0.6 is 0 Å². The van der Waals surface area contributed by atoms with E-state index in [9.17, 15) is 8.42 Å². The van der Waals surface area contributed by atoms with Gasteiger partial charge in [-0.3, -0.25) is 4.55 Å². The van der Waals surface area contributed by atoms with Crippen LogP contribution in [0, 0.1) is 0 Å². The Balaban J connectivity index is 4.35. The molecule has 0 aromatic rings. The van der Waals surface area contributed by atoms with Crippen molar-refractivity contribution in [1.82, 2.24) is 4.90 Å². The van der Waals surface area contributed by atoms with E-state index in [1.807, 2.05) is 0 Å². The van der Waals surface area contributed by atoms with Crippen molar-refractivity contribution in [3.05, 3.63) is 0 Å². The largest absolute Gasteiger partial charge is 0.379 e. The zero-order valence-electron chi connectivity index (χ0n) is 6.88. The fourth-order valence-corrected chi connectivity index (χ4v) is 1.52. The summed E-state index contributed by atoms with van der Waals surface area (Å²) in [4.78, 5) is 0.815. The van der Waals surface area contributed by atoms with Crippen molar-refractivity contribution in [3.63, 3.8) is 0 Å². The molecule has 0 aliphatic carbocycles. The molecule has 0 aromatic heterocycles. The van der Waals surface area contributed by atoms with E-state index in [1.54, 1.807) is 0 Å². The summed E-state index contributed by atoms with van der Waals surface area (Å²) >= 11 is 0. The van der Waals surface area contributed by atoms with Crippen molar-refractivity contribution in [2.24, 2.45) is 0 Å². The first-order valence-corrected chi connectivity index (χ1v) is 4.92. The monoisotopic (exact) mass is 199 g/mol. The summed E-state index contributed by atoms with van der Waals surface area (Å²) in [6.07, 6.45) is -2.26. The Hall–Kier alpha value is -0.210. The molecule has 0 rings (SSSR count). The molecular weight excluding hydrogens is 186 g/mol. The van der Waals surface area contributed by atoms with Crippen LogP contribution in [0.25, 0.3) is 0 Å². The van der Waals surface area contributed by atoms with Gasteiger partial charge in [0.1, 0.15) is 18.3 Å². The van der Waals surface area contributed by atoms with Crippen LogP contribution in [0.15, 0.2) is 0 Å². The molecule has 0 radical (unpaired) electrons. The highest BCUT2D eigenvalue weighted by atomic mass is 32.2. The first-order chi connectivity index (χ1) is 5.24. The molecule has 12 heavy (non-hydrogen) atoms. The Morgan fingerprint density at radius 3 is 1.67 bits per heavy atom. The summed E-state index contributed by atoms with van der Waals surface area (Å²) < 4.78 is 29.1. The number of hydrogen-bond donors (Lipinski definition) is 3. The van der Waals surface area contributed by atoms with E-state index in [-0.39, 0.29) is 0 Å². The molecule has 0 amide bonds. The lowest BCUT2D eigenvalue weighted by Gasteiger charge is -2.26. The van der Waals surface area contributed by atoms with Gasteiger partial charge in [0.2, 0.25) is 0 Å². The van der Waals surface area contributed by atoms with Gasteiger partial charge in [-0.1, -0.05) is 0 Å². The Labute approximate surface area is 71.2 Å². The van der Waals surface area contributed by atoms with Crippen LogP contribution < -0.4 is 0 Å². The second-order valence-corrected chi connectivity index (χ2v) is 3.91. The van der Waals surface area contributed by atoms with Crippen molar-refractivity contribution in [2.45, 2.75) is 26.3 Å². The van der Waals surface area contributed by atoms with Crippen LogP contribution in [0.3, 0.4) is 0 Å². The fraction of sp³-hybridized carbons (Fsp3) is 1.00. The lowest BCUT2D eigenvalue weighted by molar-refractivity contribution is -0.0731. The van der Waals surface area contributed by atoms with E-state index in [0.717, 1.165) is 4.90 Å². The van der Waals surface area contributed by atoms with Gasteiger partial charge in [0, 0.05) is 0 Å². The molecule has 0 bridgehead atoms. The number of rotatable bonds is 4. The Kier molecular flexibility index (Phi) is 4.08. The number of nitrogens with zero attached hydrogens (tertiary/aromatic N) is 1. The van der Waals surface area contributed by atoms with Crippen LogP contribution in [-0.4, -0.2) is 46.4 Å². The minimum Gasteiger partial charge on any atom is -0.379 e. The van der Waals surface area contributed by atoms with Crippen LogP contribution in [0.4, 0.5) is 0 Å². The molecule has 74 valence electrons. The molecule has 0 aliphatic rings. The molecular formula is C5H13NO5S. The first kappa shape index (κ1) is 11.8. The van der Waals surface area contributed by atoms with Crippen molar-refractivity contribution >= 4 is 10.1 Å². The van der Waals surface area contributed by atoms with Crippen molar-refractivity contribution in [3.8, 4) is 0 Å². The minimum atomic E-state index is -4.21. The third-order valence-electron chi connectivity index (χ3n) is 1.27. The molecule has 0 fully saturated rings. The molecule has 0 heterocycles. The number of aliphatic hydroxyl groups is 2. The summed E-state index contributed by atoms with van der Waals surface area (Å²) in [5.41, 5.74) is 0. The van der Waals surface area contributed by atoms with Crippen molar-refractivity contribution < 1.29 is 23.2 Å². The zero-order valence-corrected chi connectivity index (χ0v) is 7.69. The molecule has 0 spiro atoms. The van der Waals surface area contributed by atoms with E-state index in [4.69, 9.17) is 14.8 Å². The van der Waals surface area contributed by atoms with Crippen molar-refractivity contribution in [1.29, 1.82) is 0 Å². The Morgan fingerprint density at radius 1 is 1.25 bits per heavy atom. The highest BCUT2D eigenvalue weighted by Gasteiger charge is 2.21. The van der Waals surface area contributed by atoms with Gasteiger partial charge >= 0.3 is 0 Å². The maximum Gasteiger partial charge on any atom is 0.278 e. The van der Waals surface area contributed by atoms with Gasteiger partial charge in [0.05, 0.1) is 0 Å². The highest BCUT2D eigenvalue weighted by molar-refractivity contribution is 7.85. The third-order valence-corrected chi connectivity index (χ3v) is 1.90. The SMILES string of the molecule is CC(O)N(CS(=O)(=O)O)C(C)O. The predicted molar refractivity (Wildman–Crippen MR) is 41.6 cm³/mol.